The molecule has 0 amide bonds. The van der Waals surface area contributed by atoms with Crippen LogP contribution in [-0.2, 0) is 5.60 Å². The zero-order chi connectivity index (χ0) is 13.6. The summed E-state index contributed by atoms with van der Waals surface area (Å²) in [6.45, 7) is 8.21. The Balaban J connectivity index is 2.88. The minimum atomic E-state index is -0.958. The van der Waals surface area contributed by atoms with Crippen LogP contribution in [0.15, 0.2) is 30.3 Å². The van der Waals surface area contributed by atoms with Crippen LogP contribution in [0, 0.1) is 0 Å². The van der Waals surface area contributed by atoms with E-state index >= 15 is 0 Å². The van der Waals surface area contributed by atoms with Crippen molar-refractivity contribution in [3.63, 3.8) is 0 Å². The van der Waals surface area contributed by atoms with E-state index in [0.717, 1.165) is 18.5 Å². The summed E-state index contributed by atoms with van der Waals surface area (Å²) in [4.78, 5) is 2.28. The molecule has 0 heterocycles. The Morgan fingerprint density at radius 1 is 1.28 bits per heavy atom. The second kappa shape index (κ2) is 6.88. The molecule has 1 aromatic carbocycles. The Bertz CT molecular complexity index is 342. The molecule has 18 heavy (non-hydrogen) atoms. The van der Waals surface area contributed by atoms with Crippen molar-refractivity contribution in [2.24, 2.45) is 5.73 Å². The van der Waals surface area contributed by atoms with Gasteiger partial charge in [-0.3, -0.25) is 4.90 Å². The molecule has 1 aromatic rings. The number of hydrogen-bond donors (Lipinski definition) is 2. The van der Waals surface area contributed by atoms with Gasteiger partial charge < -0.3 is 10.8 Å². The molecule has 0 aliphatic heterocycles. The van der Waals surface area contributed by atoms with Gasteiger partial charge in [0.25, 0.3) is 0 Å². The van der Waals surface area contributed by atoms with Crippen molar-refractivity contribution in [3.05, 3.63) is 35.9 Å². The molecule has 0 aliphatic carbocycles. The molecule has 0 aromatic heterocycles. The fraction of sp³-hybridized carbons (Fsp3) is 0.600. The van der Waals surface area contributed by atoms with Crippen molar-refractivity contribution < 1.29 is 5.11 Å². The molecule has 0 saturated carbocycles. The van der Waals surface area contributed by atoms with E-state index < -0.39 is 5.60 Å². The normalized spacial score (nSPS) is 16.6. The lowest BCUT2D eigenvalue weighted by atomic mass is 9.92. The van der Waals surface area contributed by atoms with E-state index in [0.29, 0.717) is 12.6 Å². The van der Waals surface area contributed by atoms with Crippen molar-refractivity contribution in [1.29, 1.82) is 0 Å². The first-order valence-electron chi connectivity index (χ1n) is 6.79. The zero-order valence-electron chi connectivity index (χ0n) is 11.8. The topological polar surface area (TPSA) is 49.5 Å². The predicted octanol–water partition coefficient (Wildman–Crippen LogP) is 1.95. The fourth-order valence-electron chi connectivity index (χ4n) is 2.20. The highest BCUT2D eigenvalue weighted by atomic mass is 16.3. The smallest absolute Gasteiger partial charge is 0.114 e. The second-order valence-corrected chi connectivity index (χ2v) is 4.92. The first kappa shape index (κ1) is 15.2. The number of aliphatic hydroxyl groups is 1. The minimum Gasteiger partial charge on any atom is -0.382 e. The van der Waals surface area contributed by atoms with Gasteiger partial charge in [0.1, 0.15) is 5.60 Å². The van der Waals surface area contributed by atoms with E-state index in [4.69, 9.17) is 5.73 Å². The highest BCUT2D eigenvalue weighted by Crippen LogP contribution is 2.22. The van der Waals surface area contributed by atoms with E-state index in [-0.39, 0.29) is 6.54 Å². The average molecular weight is 250 g/mol. The van der Waals surface area contributed by atoms with Crippen molar-refractivity contribution in [2.75, 3.05) is 19.6 Å². The molecular weight excluding hydrogens is 224 g/mol. The van der Waals surface area contributed by atoms with Gasteiger partial charge in [0.2, 0.25) is 0 Å². The highest BCUT2D eigenvalue weighted by Gasteiger charge is 2.30. The van der Waals surface area contributed by atoms with Crippen LogP contribution in [0.2, 0.25) is 0 Å². The molecule has 2 unspecified atom stereocenters. The molecule has 3 nitrogen and oxygen atoms in total. The molecule has 0 saturated heterocycles. The lowest BCUT2D eigenvalue weighted by molar-refractivity contribution is -0.00290. The number of rotatable bonds is 7. The molecular formula is C15H26N2O. The molecule has 3 N–H and O–H groups in total. The van der Waals surface area contributed by atoms with Crippen LogP contribution in [0.3, 0.4) is 0 Å². The lowest BCUT2D eigenvalue weighted by Crippen LogP contribution is -2.48. The summed E-state index contributed by atoms with van der Waals surface area (Å²) in [5.41, 5.74) is 5.75. The summed E-state index contributed by atoms with van der Waals surface area (Å²) in [6, 6.07) is 10.2. The molecule has 102 valence electrons. The highest BCUT2D eigenvalue weighted by molar-refractivity contribution is 5.23. The van der Waals surface area contributed by atoms with Gasteiger partial charge in [-0.05, 0) is 25.5 Å². The van der Waals surface area contributed by atoms with Gasteiger partial charge in [-0.1, -0.05) is 44.2 Å². The zero-order valence-corrected chi connectivity index (χ0v) is 11.8. The maximum absolute atomic E-state index is 10.8. The second-order valence-electron chi connectivity index (χ2n) is 4.92. The third-order valence-corrected chi connectivity index (χ3v) is 3.73. The third kappa shape index (κ3) is 3.55. The first-order valence-corrected chi connectivity index (χ1v) is 6.79. The Morgan fingerprint density at radius 2 is 1.89 bits per heavy atom. The number of nitrogens with zero attached hydrogens (tertiary/aromatic N) is 1. The SMILES string of the molecule is CCC(C)N(CC)CC(O)(CN)c1ccccc1. The summed E-state index contributed by atoms with van der Waals surface area (Å²) in [7, 11) is 0. The van der Waals surface area contributed by atoms with Crippen LogP contribution in [0.4, 0.5) is 0 Å². The number of hydrogen-bond acceptors (Lipinski definition) is 3. The molecule has 1 rings (SSSR count). The van der Waals surface area contributed by atoms with Crippen LogP contribution in [-0.4, -0.2) is 35.7 Å². The molecule has 0 spiro atoms. The van der Waals surface area contributed by atoms with E-state index in [2.05, 4.69) is 25.7 Å². The standard InChI is InChI=1S/C15H26N2O/c1-4-13(3)17(5-2)12-15(18,11-16)14-9-7-6-8-10-14/h6-10,13,18H,4-5,11-12,16H2,1-3H3. The van der Waals surface area contributed by atoms with Gasteiger partial charge in [0, 0.05) is 19.1 Å². The molecule has 2 atom stereocenters. The Morgan fingerprint density at radius 3 is 2.33 bits per heavy atom. The van der Waals surface area contributed by atoms with E-state index in [1.54, 1.807) is 0 Å². The van der Waals surface area contributed by atoms with E-state index in [1.807, 2.05) is 30.3 Å². The average Bonchev–Trinajstić information content (AvgIpc) is 2.44. The van der Waals surface area contributed by atoms with Crippen molar-refractivity contribution in [1.82, 2.24) is 4.90 Å². The first-order chi connectivity index (χ1) is 8.57. The molecule has 0 fully saturated rings. The van der Waals surface area contributed by atoms with Crippen molar-refractivity contribution in [2.45, 2.75) is 38.8 Å². The molecule has 3 heteroatoms. The Labute approximate surface area is 111 Å². The van der Waals surface area contributed by atoms with Crippen LogP contribution >= 0.6 is 0 Å². The molecule has 0 aliphatic rings. The number of likely N-dealkylation sites (N-methyl/N-ethyl adjacent to an activating group) is 1. The summed E-state index contributed by atoms with van der Waals surface area (Å²) in [5.74, 6) is 0. The molecule has 0 bridgehead atoms. The van der Waals surface area contributed by atoms with Gasteiger partial charge in [0.15, 0.2) is 0 Å². The third-order valence-electron chi connectivity index (χ3n) is 3.73. The largest absolute Gasteiger partial charge is 0.382 e. The van der Waals surface area contributed by atoms with E-state index in [1.165, 1.54) is 0 Å². The van der Waals surface area contributed by atoms with E-state index in [9.17, 15) is 5.11 Å². The Hall–Kier alpha value is -0.900. The van der Waals surface area contributed by atoms with Crippen LogP contribution < -0.4 is 5.73 Å². The van der Waals surface area contributed by atoms with Gasteiger partial charge in [-0.25, -0.2) is 0 Å². The maximum atomic E-state index is 10.8. The number of benzene rings is 1. The lowest BCUT2D eigenvalue weighted by Gasteiger charge is -2.36. The minimum absolute atomic E-state index is 0.240. The van der Waals surface area contributed by atoms with Crippen molar-refractivity contribution in [3.8, 4) is 0 Å². The number of nitrogens with two attached hydrogens (primary N) is 1. The van der Waals surface area contributed by atoms with Crippen molar-refractivity contribution >= 4 is 0 Å². The summed E-state index contributed by atoms with van der Waals surface area (Å²) < 4.78 is 0. The maximum Gasteiger partial charge on any atom is 0.114 e. The summed E-state index contributed by atoms with van der Waals surface area (Å²) in [5, 5.41) is 10.8. The summed E-state index contributed by atoms with van der Waals surface area (Å²) in [6.07, 6.45) is 1.07. The fourth-order valence-corrected chi connectivity index (χ4v) is 2.20. The van der Waals surface area contributed by atoms with Crippen LogP contribution in [0.25, 0.3) is 0 Å². The quantitative estimate of drug-likeness (QED) is 0.777. The predicted molar refractivity (Wildman–Crippen MR) is 76.4 cm³/mol. The van der Waals surface area contributed by atoms with Gasteiger partial charge in [-0.2, -0.15) is 0 Å². The van der Waals surface area contributed by atoms with Gasteiger partial charge in [-0.15, -0.1) is 0 Å². The van der Waals surface area contributed by atoms with Gasteiger partial charge in [0.05, 0.1) is 0 Å². The Kier molecular flexibility index (Phi) is 5.79. The van der Waals surface area contributed by atoms with Crippen LogP contribution in [0.1, 0.15) is 32.8 Å². The van der Waals surface area contributed by atoms with Crippen LogP contribution in [0.5, 0.6) is 0 Å². The monoisotopic (exact) mass is 250 g/mol. The van der Waals surface area contributed by atoms with Gasteiger partial charge >= 0.3 is 0 Å². The molecule has 0 radical (unpaired) electrons. The summed E-state index contributed by atoms with van der Waals surface area (Å²) >= 11 is 0.